The van der Waals surface area contributed by atoms with Crippen molar-refractivity contribution < 1.29 is 9.84 Å². The van der Waals surface area contributed by atoms with Gasteiger partial charge in [-0.25, -0.2) is 9.97 Å². The van der Waals surface area contributed by atoms with Gasteiger partial charge < -0.3 is 20.5 Å². The van der Waals surface area contributed by atoms with Crippen molar-refractivity contribution in [2.45, 2.75) is 45.6 Å². The minimum absolute atomic E-state index is 0.431. The van der Waals surface area contributed by atoms with Gasteiger partial charge in [0.1, 0.15) is 6.33 Å². The SMILES string of the molecule is CCCNc1ncnc(NCC(O)(CC)CC)c1OC. The Balaban J connectivity index is 2.84. The molecule has 114 valence electrons. The van der Waals surface area contributed by atoms with Gasteiger partial charge in [0.05, 0.1) is 12.7 Å². The van der Waals surface area contributed by atoms with Gasteiger partial charge in [0, 0.05) is 13.1 Å². The molecule has 20 heavy (non-hydrogen) atoms. The largest absolute Gasteiger partial charge is 0.490 e. The second kappa shape index (κ2) is 7.89. The average Bonchev–Trinajstić information content (AvgIpc) is 2.50. The molecule has 0 spiro atoms. The number of rotatable bonds is 9. The molecule has 0 atom stereocenters. The van der Waals surface area contributed by atoms with E-state index in [4.69, 9.17) is 4.74 Å². The number of hydrogen-bond acceptors (Lipinski definition) is 6. The third-order valence-corrected chi connectivity index (χ3v) is 3.45. The van der Waals surface area contributed by atoms with Crippen molar-refractivity contribution in [3.8, 4) is 5.75 Å². The monoisotopic (exact) mass is 282 g/mol. The van der Waals surface area contributed by atoms with E-state index in [-0.39, 0.29) is 0 Å². The van der Waals surface area contributed by atoms with Crippen molar-refractivity contribution in [2.75, 3.05) is 30.8 Å². The van der Waals surface area contributed by atoms with E-state index in [0.717, 1.165) is 13.0 Å². The first-order valence-corrected chi connectivity index (χ1v) is 7.19. The van der Waals surface area contributed by atoms with E-state index in [2.05, 4.69) is 27.5 Å². The lowest BCUT2D eigenvalue weighted by Crippen LogP contribution is -2.35. The highest BCUT2D eigenvalue weighted by atomic mass is 16.5. The van der Waals surface area contributed by atoms with E-state index in [1.807, 2.05) is 13.8 Å². The summed E-state index contributed by atoms with van der Waals surface area (Å²) in [7, 11) is 1.59. The zero-order valence-corrected chi connectivity index (χ0v) is 12.9. The first-order valence-electron chi connectivity index (χ1n) is 7.19. The fraction of sp³-hybridized carbons (Fsp3) is 0.714. The first kappa shape index (κ1) is 16.5. The average molecular weight is 282 g/mol. The summed E-state index contributed by atoms with van der Waals surface area (Å²) in [6, 6.07) is 0. The molecular weight excluding hydrogens is 256 g/mol. The van der Waals surface area contributed by atoms with E-state index in [0.29, 0.717) is 36.8 Å². The highest BCUT2D eigenvalue weighted by Gasteiger charge is 2.23. The number of ether oxygens (including phenoxy) is 1. The Morgan fingerprint density at radius 2 is 1.75 bits per heavy atom. The molecule has 6 nitrogen and oxygen atoms in total. The number of methoxy groups -OCH3 is 1. The van der Waals surface area contributed by atoms with Gasteiger partial charge >= 0.3 is 0 Å². The van der Waals surface area contributed by atoms with Gasteiger partial charge in [-0.15, -0.1) is 0 Å². The van der Waals surface area contributed by atoms with E-state index in [1.54, 1.807) is 7.11 Å². The lowest BCUT2D eigenvalue weighted by Gasteiger charge is -2.26. The molecule has 0 saturated heterocycles. The second-order valence-corrected chi connectivity index (χ2v) is 4.82. The predicted molar refractivity (Wildman–Crippen MR) is 81.4 cm³/mol. The smallest absolute Gasteiger partial charge is 0.204 e. The number of nitrogens with zero attached hydrogens (tertiary/aromatic N) is 2. The van der Waals surface area contributed by atoms with Crippen molar-refractivity contribution in [1.29, 1.82) is 0 Å². The lowest BCUT2D eigenvalue weighted by molar-refractivity contribution is 0.0456. The minimum atomic E-state index is -0.729. The molecule has 0 aliphatic heterocycles. The zero-order valence-electron chi connectivity index (χ0n) is 12.9. The third-order valence-electron chi connectivity index (χ3n) is 3.45. The van der Waals surface area contributed by atoms with Gasteiger partial charge in [-0.05, 0) is 19.3 Å². The van der Waals surface area contributed by atoms with Crippen molar-refractivity contribution >= 4 is 11.6 Å². The van der Waals surface area contributed by atoms with Crippen LogP contribution < -0.4 is 15.4 Å². The van der Waals surface area contributed by atoms with Crippen LogP contribution in [0.2, 0.25) is 0 Å². The maximum absolute atomic E-state index is 10.3. The number of aliphatic hydroxyl groups is 1. The molecular formula is C14H26N4O2. The fourth-order valence-electron chi connectivity index (χ4n) is 1.81. The van der Waals surface area contributed by atoms with Crippen LogP contribution in [0.15, 0.2) is 6.33 Å². The second-order valence-electron chi connectivity index (χ2n) is 4.82. The van der Waals surface area contributed by atoms with Crippen LogP contribution in [-0.4, -0.2) is 40.9 Å². The summed E-state index contributed by atoms with van der Waals surface area (Å²) in [5.74, 6) is 1.85. The van der Waals surface area contributed by atoms with Gasteiger partial charge in [-0.2, -0.15) is 0 Å². The molecule has 0 bridgehead atoms. The molecule has 0 fully saturated rings. The number of nitrogens with one attached hydrogen (secondary N) is 2. The van der Waals surface area contributed by atoms with Gasteiger partial charge in [-0.1, -0.05) is 20.8 Å². The van der Waals surface area contributed by atoms with Gasteiger partial charge in [-0.3, -0.25) is 0 Å². The Kier molecular flexibility index (Phi) is 6.51. The maximum Gasteiger partial charge on any atom is 0.204 e. The van der Waals surface area contributed by atoms with Crippen LogP contribution in [0.1, 0.15) is 40.0 Å². The first-order chi connectivity index (χ1) is 9.60. The third kappa shape index (κ3) is 4.23. The highest BCUT2D eigenvalue weighted by Crippen LogP contribution is 2.29. The quantitative estimate of drug-likeness (QED) is 0.645. The number of anilines is 2. The van der Waals surface area contributed by atoms with E-state index in [9.17, 15) is 5.11 Å². The molecule has 6 heteroatoms. The number of hydrogen-bond donors (Lipinski definition) is 3. The highest BCUT2D eigenvalue weighted by molar-refractivity contribution is 5.63. The van der Waals surface area contributed by atoms with Crippen molar-refractivity contribution in [3.05, 3.63) is 6.33 Å². The Hall–Kier alpha value is -1.56. The summed E-state index contributed by atoms with van der Waals surface area (Å²) in [5.41, 5.74) is -0.729. The molecule has 0 aromatic carbocycles. The van der Waals surface area contributed by atoms with Crippen LogP contribution in [0, 0.1) is 0 Å². The molecule has 0 aliphatic carbocycles. The summed E-state index contributed by atoms with van der Waals surface area (Å²) in [6.07, 6.45) is 3.86. The van der Waals surface area contributed by atoms with Crippen LogP contribution in [0.4, 0.5) is 11.6 Å². The number of aromatic nitrogens is 2. The Bertz CT molecular complexity index is 408. The summed E-state index contributed by atoms with van der Waals surface area (Å²) in [5, 5.41) is 16.7. The van der Waals surface area contributed by atoms with Crippen molar-refractivity contribution in [1.82, 2.24) is 9.97 Å². The minimum Gasteiger partial charge on any atom is -0.490 e. The topological polar surface area (TPSA) is 79.3 Å². The maximum atomic E-state index is 10.3. The molecule has 1 aromatic rings. The van der Waals surface area contributed by atoms with E-state index in [1.165, 1.54) is 6.33 Å². The van der Waals surface area contributed by atoms with Crippen LogP contribution in [0.3, 0.4) is 0 Å². The fourth-order valence-corrected chi connectivity index (χ4v) is 1.81. The molecule has 0 radical (unpaired) electrons. The van der Waals surface area contributed by atoms with E-state index >= 15 is 0 Å². The Morgan fingerprint density at radius 1 is 1.15 bits per heavy atom. The summed E-state index contributed by atoms with van der Waals surface area (Å²) in [6.45, 7) is 7.27. The van der Waals surface area contributed by atoms with Crippen molar-refractivity contribution in [3.63, 3.8) is 0 Å². The van der Waals surface area contributed by atoms with Crippen LogP contribution in [-0.2, 0) is 0 Å². The van der Waals surface area contributed by atoms with Crippen LogP contribution in [0.25, 0.3) is 0 Å². The zero-order chi connectivity index (χ0) is 15.0. The Labute approximate surface area is 121 Å². The molecule has 0 amide bonds. The van der Waals surface area contributed by atoms with Gasteiger partial charge in [0.15, 0.2) is 11.6 Å². The molecule has 1 rings (SSSR count). The molecule has 3 N–H and O–H groups in total. The van der Waals surface area contributed by atoms with Gasteiger partial charge in [0.25, 0.3) is 0 Å². The van der Waals surface area contributed by atoms with Gasteiger partial charge in [0.2, 0.25) is 5.75 Å². The predicted octanol–water partition coefficient (Wildman–Crippen LogP) is 2.27. The lowest BCUT2D eigenvalue weighted by atomic mass is 9.98. The van der Waals surface area contributed by atoms with Crippen molar-refractivity contribution in [2.24, 2.45) is 0 Å². The molecule has 1 heterocycles. The van der Waals surface area contributed by atoms with Crippen LogP contribution in [0.5, 0.6) is 5.75 Å². The normalized spacial score (nSPS) is 11.2. The standard InChI is InChI=1S/C14H26N4O2/c1-5-8-15-12-11(20-4)13(18-10-17-12)16-9-14(19,6-2)7-3/h10,19H,5-9H2,1-4H3,(H2,15,16,17,18). The molecule has 0 aliphatic rings. The molecule has 0 saturated carbocycles. The van der Waals surface area contributed by atoms with Crippen LogP contribution >= 0.6 is 0 Å². The Morgan fingerprint density at radius 3 is 2.25 bits per heavy atom. The molecule has 1 aromatic heterocycles. The summed E-state index contributed by atoms with van der Waals surface area (Å²) >= 11 is 0. The summed E-state index contributed by atoms with van der Waals surface area (Å²) in [4.78, 5) is 8.37. The molecule has 0 unspecified atom stereocenters. The van der Waals surface area contributed by atoms with E-state index < -0.39 is 5.60 Å². The summed E-state index contributed by atoms with van der Waals surface area (Å²) < 4.78 is 5.37.